The molecule has 0 saturated carbocycles. The Labute approximate surface area is 157 Å². The van der Waals surface area contributed by atoms with Gasteiger partial charge < -0.3 is 19.4 Å². The van der Waals surface area contributed by atoms with Gasteiger partial charge in [-0.15, -0.1) is 0 Å². The van der Waals surface area contributed by atoms with Gasteiger partial charge in [0.05, 0.1) is 18.7 Å². The Hall–Kier alpha value is -2.47. The predicted octanol–water partition coefficient (Wildman–Crippen LogP) is 2.88. The van der Waals surface area contributed by atoms with Gasteiger partial charge in [0.1, 0.15) is 11.5 Å². The number of hydrogen-bond acceptors (Lipinski definition) is 4. The number of nitrogens with one attached hydrogen (secondary N) is 1. The Bertz CT molecular complexity index is 759. The van der Waals surface area contributed by atoms with E-state index in [-0.39, 0.29) is 11.5 Å². The molecule has 7 heteroatoms. The molecule has 2 rings (SSSR count). The summed E-state index contributed by atoms with van der Waals surface area (Å²) in [6.45, 7) is 1.50. The van der Waals surface area contributed by atoms with Crippen LogP contribution in [0.15, 0.2) is 47.4 Å². The zero-order valence-electron chi connectivity index (χ0n) is 14.7. The molecule has 0 unspecified atom stereocenters. The van der Waals surface area contributed by atoms with Crippen molar-refractivity contribution in [1.29, 1.82) is 0 Å². The average molecular weight is 379 g/mol. The third-order valence-electron chi connectivity index (χ3n) is 3.72. The number of rotatable bonds is 10. The SMILES string of the molecule is COc1ccc(OCCCC(=O)NCCCn2cc(Cl)ccc2=O)cc1. The van der Waals surface area contributed by atoms with E-state index in [0.29, 0.717) is 44.0 Å². The van der Waals surface area contributed by atoms with Gasteiger partial charge in [0.15, 0.2) is 0 Å². The maximum absolute atomic E-state index is 11.8. The third-order valence-corrected chi connectivity index (χ3v) is 3.95. The van der Waals surface area contributed by atoms with Crippen LogP contribution in [0.5, 0.6) is 11.5 Å². The fourth-order valence-corrected chi connectivity index (χ4v) is 2.52. The van der Waals surface area contributed by atoms with Crippen molar-refractivity contribution in [2.75, 3.05) is 20.3 Å². The van der Waals surface area contributed by atoms with Crippen LogP contribution in [-0.2, 0) is 11.3 Å². The fourth-order valence-electron chi connectivity index (χ4n) is 2.34. The molecule has 1 amide bonds. The van der Waals surface area contributed by atoms with Gasteiger partial charge in [0.2, 0.25) is 5.91 Å². The number of carbonyl (C=O) groups excluding carboxylic acids is 1. The number of carbonyl (C=O) groups is 1. The molecular weight excluding hydrogens is 356 g/mol. The lowest BCUT2D eigenvalue weighted by Gasteiger charge is -2.08. The predicted molar refractivity (Wildman–Crippen MR) is 101 cm³/mol. The van der Waals surface area contributed by atoms with E-state index in [4.69, 9.17) is 21.1 Å². The van der Waals surface area contributed by atoms with Crippen LogP contribution in [0.2, 0.25) is 5.02 Å². The van der Waals surface area contributed by atoms with Crippen LogP contribution >= 0.6 is 11.6 Å². The summed E-state index contributed by atoms with van der Waals surface area (Å²) in [5.41, 5.74) is -0.101. The van der Waals surface area contributed by atoms with Crippen molar-refractivity contribution >= 4 is 17.5 Å². The molecule has 1 heterocycles. The normalized spacial score (nSPS) is 10.4. The van der Waals surface area contributed by atoms with E-state index in [0.717, 1.165) is 11.5 Å². The topological polar surface area (TPSA) is 69.6 Å². The Balaban J connectivity index is 1.57. The standard InChI is InChI=1S/C19H23ClN2O4/c1-25-16-6-8-17(9-7-16)26-13-2-4-18(23)21-11-3-12-22-14-15(20)5-10-19(22)24/h5-10,14H,2-4,11-13H2,1H3,(H,21,23). The fraction of sp³-hybridized carbons (Fsp3) is 0.368. The molecule has 0 fully saturated rings. The molecule has 0 aliphatic carbocycles. The minimum atomic E-state index is -0.101. The van der Waals surface area contributed by atoms with Crippen LogP contribution in [0.4, 0.5) is 0 Å². The molecule has 2 aromatic rings. The summed E-state index contributed by atoms with van der Waals surface area (Å²) in [5.74, 6) is 1.50. The smallest absolute Gasteiger partial charge is 0.250 e. The number of benzene rings is 1. The van der Waals surface area contributed by atoms with Gasteiger partial charge in [0, 0.05) is 31.8 Å². The van der Waals surface area contributed by atoms with Crippen molar-refractivity contribution in [3.05, 3.63) is 58.0 Å². The highest BCUT2D eigenvalue weighted by atomic mass is 35.5. The van der Waals surface area contributed by atoms with Gasteiger partial charge in [-0.25, -0.2) is 0 Å². The molecule has 6 nitrogen and oxygen atoms in total. The maximum Gasteiger partial charge on any atom is 0.250 e. The average Bonchev–Trinajstić information content (AvgIpc) is 2.65. The third kappa shape index (κ3) is 6.80. The number of amides is 1. The van der Waals surface area contributed by atoms with Crippen molar-refractivity contribution < 1.29 is 14.3 Å². The van der Waals surface area contributed by atoms with E-state index in [1.165, 1.54) is 10.6 Å². The summed E-state index contributed by atoms with van der Waals surface area (Å²) in [5, 5.41) is 3.36. The number of nitrogens with zero attached hydrogens (tertiary/aromatic N) is 1. The van der Waals surface area contributed by atoms with Crippen LogP contribution in [0.1, 0.15) is 19.3 Å². The second-order valence-corrected chi connectivity index (χ2v) is 6.15. The monoisotopic (exact) mass is 378 g/mol. The molecule has 0 atom stereocenters. The van der Waals surface area contributed by atoms with E-state index < -0.39 is 0 Å². The zero-order valence-corrected chi connectivity index (χ0v) is 15.5. The second-order valence-electron chi connectivity index (χ2n) is 5.71. The number of halogens is 1. The lowest BCUT2D eigenvalue weighted by atomic mass is 10.3. The van der Waals surface area contributed by atoms with Gasteiger partial charge in [-0.05, 0) is 43.2 Å². The Kier molecular flexibility index (Phi) is 8.02. The highest BCUT2D eigenvalue weighted by molar-refractivity contribution is 6.30. The first-order valence-electron chi connectivity index (χ1n) is 8.48. The minimum Gasteiger partial charge on any atom is -0.497 e. The quantitative estimate of drug-likeness (QED) is 0.645. The zero-order chi connectivity index (χ0) is 18.8. The number of pyridine rings is 1. The van der Waals surface area contributed by atoms with Crippen LogP contribution < -0.4 is 20.3 Å². The molecule has 0 aliphatic heterocycles. The van der Waals surface area contributed by atoms with Gasteiger partial charge in [-0.3, -0.25) is 9.59 Å². The first-order valence-corrected chi connectivity index (χ1v) is 8.86. The Morgan fingerprint density at radius 2 is 1.85 bits per heavy atom. The molecule has 1 N–H and O–H groups in total. The van der Waals surface area contributed by atoms with Gasteiger partial charge in [0.25, 0.3) is 5.56 Å². The highest BCUT2D eigenvalue weighted by Crippen LogP contribution is 2.17. The van der Waals surface area contributed by atoms with Crippen LogP contribution in [0.3, 0.4) is 0 Å². The van der Waals surface area contributed by atoms with Crippen LogP contribution in [0, 0.1) is 0 Å². The highest BCUT2D eigenvalue weighted by Gasteiger charge is 2.02. The summed E-state index contributed by atoms with van der Waals surface area (Å²) in [6.07, 6.45) is 3.29. The maximum atomic E-state index is 11.8. The van der Waals surface area contributed by atoms with Gasteiger partial charge in [-0.2, -0.15) is 0 Å². The van der Waals surface area contributed by atoms with Crippen molar-refractivity contribution in [3.8, 4) is 11.5 Å². The lowest BCUT2D eigenvalue weighted by molar-refractivity contribution is -0.121. The van der Waals surface area contributed by atoms with Crippen molar-refractivity contribution in [1.82, 2.24) is 9.88 Å². The summed E-state index contributed by atoms with van der Waals surface area (Å²) >= 11 is 5.86. The van der Waals surface area contributed by atoms with Crippen LogP contribution in [0.25, 0.3) is 0 Å². The Morgan fingerprint density at radius 3 is 2.58 bits per heavy atom. The van der Waals surface area contributed by atoms with Crippen molar-refractivity contribution in [2.45, 2.75) is 25.8 Å². The summed E-state index contributed by atoms with van der Waals surface area (Å²) < 4.78 is 12.2. The van der Waals surface area contributed by atoms with Crippen LogP contribution in [-0.4, -0.2) is 30.7 Å². The van der Waals surface area contributed by atoms with Gasteiger partial charge >= 0.3 is 0 Å². The van der Waals surface area contributed by atoms with E-state index in [2.05, 4.69) is 5.32 Å². The number of methoxy groups -OCH3 is 1. The van der Waals surface area contributed by atoms with Crippen molar-refractivity contribution in [2.24, 2.45) is 0 Å². The Morgan fingerprint density at radius 1 is 1.12 bits per heavy atom. The van der Waals surface area contributed by atoms with E-state index in [9.17, 15) is 9.59 Å². The second kappa shape index (κ2) is 10.5. The van der Waals surface area contributed by atoms with E-state index in [1.807, 2.05) is 24.3 Å². The lowest BCUT2D eigenvalue weighted by Crippen LogP contribution is -2.27. The summed E-state index contributed by atoms with van der Waals surface area (Å²) in [7, 11) is 1.61. The molecule has 1 aromatic carbocycles. The number of aromatic nitrogens is 1. The summed E-state index contributed by atoms with van der Waals surface area (Å²) in [6, 6.07) is 10.3. The molecule has 0 radical (unpaired) electrons. The van der Waals surface area contributed by atoms with Gasteiger partial charge in [-0.1, -0.05) is 11.6 Å². The number of ether oxygens (including phenoxy) is 2. The molecule has 0 aliphatic rings. The minimum absolute atomic E-state index is 0.0261. The first-order chi connectivity index (χ1) is 12.6. The molecule has 140 valence electrons. The number of hydrogen-bond donors (Lipinski definition) is 1. The molecular formula is C19H23ClN2O4. The van der Waals surface area contributed by atoms with E-state index >= 15 is 0 Å². The van der Waals surface area contributed by atoms with Crippen molar-refractivity contribution in [3.63, 3.8) is 0 Å². The molecule has 1 aromatic heterocycles. The molecule has 0 bridgehead atoms. The largest absolute Gasteiger partial charge is 0.497 e. The molecule has 26 heavy (non-hydrogen) atoms. The molecule has 0 saturated heterocycles. The summed E-state index contributed by atoms with van der Waals surface area (Å²) in [4.78, 5) is 23.4. The van der Waals surface area contributed by atoms with E-state index in [1.54, 1.807) is 19.4 Å². The molecule has 0 spiro atoms. The number of aryl methyl sites for hydroxylation is 1. The first kappa shape index (κ1) is 19.8.